The molecule has 3 aliphatic heterocycles. The van der Waals surface area contributed by atoms with Crippen LogP contribution in [0.15, 0.2) is 50.8 Å². The van der Waals surface area contributed by atoms with E-state index >= 15 is 0 Å². The van der Waals surface area contributed by atoms with Crippen molar-refractivity contribution in [1.82, 2.24) is 10.2 Å². The maximum absolute atomic E-state index is 12.4. The summed E-state index contributed by atoms with van der Waals surface area (Å²) >= 11 is 7.37. The Labute approximate surface area is 150 Å². The molecule has 1 atom stereocenters. The molecule has 3 aliphatic rings. The topological polar surface area (TPSA) is 45.5 Å². The minimum Gasteiger partial charge on any atom is -0.444 e. The molecule has 126 valence electrons. The van der Waals surface area contributed by atoms with Crippen LogP contribution in [0.3, 0.4) is 0 Å². The number of carbonyl (C=O) groups is 1. The van der Waals surface area contributed by atoms with Gasteiger partial charge in [0.15, 0.2) is 10.9 Å². The van der Waals surface area contributed by atoms with Gasteiger partial charge >= 0.3 is 0 Å². The first-order chi connectivity index (χ1) is 11.7. The van der Waals surface area contributed by atoms with Crippen LogP contribution in [-0.4, -0.2) is 36.5 Å². The zero-order chi connectivity index (χ0) is 16.5. The van der Waals surface area contributed by atoms with Gasteiger partial charge in [0.05, 0.1) is 0 Å². The molecule has 0 saturated carbocycles. The summed E-state index contributed by atoms with van der Waals surface area (Å²) in [5.74, 6) is 0.872. The summed E-state index contributed by atoms with van der Waals surface area (Å²) < 4.78 is 5.71. The average molecular weight is 363 g/mol. The number of amides is 1. The van der Waals surface area contributed by atoms with E-state index < -0.39 is 0 Å². The van der Waals surface area contributed by atoms with E-state index in [0.717, 1.165) is 11.4 Å². The van der Waals surface area contributed by atoms with Crippen molar-refractivity contribution >= 4 is 29.3 Å². The van der Waals surface area contributed by atoms with Gasteiger partial charge in [0.25, 0.3) is 5.91 Å². The number of furan rings is 1. The van der Waals surface area contributed by atoms with E-state index in [1.54, 1.807) is 6.07 Å². The van der Waals surface area contributed by atoms with Gasteiger partial charge in [-0.05, 0) is 68.2 Å². The lowest BCUT2D eigenvalue weighted by molar-refractivity contribution is 0.0603. The summed E-state index contributed by atoms with van der Waals surface area (Å²) in [5.41, 5.74) is 0. The van der Waals surface area contributed by atoms with Gasteiger partial charge < -0.3 is 14.6 Å². The number of halogens is 1. The van der Waals surface area contributed by atoms with Gasteiger partial charge in [-0.3, -0.25) is 4.79 Å². The highest BCUT2D eigenvalue weighted by Crippen LogP contribution is 2.31. The number of fused-ring (bicyclic) bond motifs is 3. The van der Waals surface area contributed by atoms with Gasteiger partial charge in [0.2, 0.25) is 0 Å². The number of piperidine rings is 3. The maximum Gasteiger partial charge on any atom is 0.287 e. The molecular formula is C18H19ClN2O2S. The van der Waals surface area contributed by atoms with E-state index in [0.29, 0.717) is 21.8 Å². The highest BCUT2D eigenvalue weighted by Gasteiger charge is 2.35. The summed E-state index contributed by atoms with van der Waals surface area (Å²) in [6.07, 6.45) is 2.36. The fourth-order valence-corrected chi connectivity index (χ4v) is 4.38. The van der Waals surface area contributed by atoms with Crippen LogP contribution in [0, 0.1) is 5.92 Å². The molecule has 0 spiro atoms. The third-order valence-corrected chi connectivity index (χ3v) is 5.99. The minimum atomic E-state index is -0.114. The smallest absolute Gasteiger partial charge is 0.287 e. The van der Waals surface area contributed by atoms with Crippen molar-refractivity contribution < 1.29 is 9.21 Å². The molecule has 24 heavy (non-hydrogen) atoms. The minimum absolute atomic E-state index is 0.114. The second kappa shape index (κ2) is 6.82. The number of nitrogens with one attached hydrogen (secondary N) is 1. The average Bonchev–Trinajstić information content (AvgIpc) is 3.07. The Morgan fingerprint density at radius 1 is 1.17 bits per heavy atom. The molecule has 1 N–H and O–H groups in total. The number of benzene rings is 1. The van der Waals surface area contributed by atoms with E-state index in [9.17, 15) is 4.79 Å². The van der Waals surface area contributed by atoms with Crippen molar-refractivity contribution in [2.45, 2.75) is 28.9 Å². The molecule has 1 aromatic carbocycles. The van der Waals surface area contributed by atoms with Crippen LogP contribution >= 0.6 is 23.4 Å². The van der Waals surface area contributed by atoms with Crippen molar-refractivity contribution in [3.63, 3.8) is 0 Å². The van der Waals surface area contributed by atoms with E-state index in [2.05, 4.69) is 10.2 Å². The normalized spacial score (nSPS) is 25.6. The number of carbonyl (C=O) groups excluding carboxylic acids is 1. The quantitative estimate of drug-likeness (QED) is 0.895. The van der Waals surface area contributed by atoms with Crippen molar-refractivity contribution in [3.8, 4) is 0 Å². The lowest BCUT2D eigenvalue weighted by atomic mass is 9.84. The van der Waals surface area contributed by atoms with Gasteiger partial charge in [0.1, 0.15) is 0 Å². The molecule has 4 heterocycles. The van der Waals surface area contributed by atoms with Crippen LogP contribution in [0.2, 0.25) is 5.02 Å². The molecule has 6 heteroatoms. The Hall–Kier alpha value is -1.43. The molecule has 2 bridgehead atoms. The van der Waals surface area contributed by atoms with Gasteiger partial charge in [-0.2, -0.15) is 0 Å². The van der Waals surface area contributed by atoms with Crippen molar-refractivity contribution in [3.05, 3.63) is 47.2 Å². The first-order valence-corrected chi connectivity index (χ1v) is 9.43. The van der Waals surface area contributed by atoms with Gasteiger partial charge in [-0.25, -0.2) is 0 Å². The summed E-state index contributed by atoms with van der Waals surface area (Å²) in [6, 6.07) is 11.4. The largest absolute Gasteiger partial charge is 0.444 e. The van der Waals surface area contributed by atoms with Crippen molar-refractivity contribution in [2.24, 2.45) is 5.92 Å². The Morgan fingerprint density at radius 3 is 2.58 bits per heavy atom. The zero-order valence-corrected chi connectivity index (χ0v) is 14.8. The summed E-state index contributed by atoms with van der Waals surface area (Å²) in [7, 11) is 0. The Kier molecular flexibility index (Phi) is 4.57. The van der Waals surface area contributed by atoms with Crippen LogP contribution in [0.25, 0.3) is 0 Å². The fourth-order valence-electron chi connectivity index (χ4n) is 3.48. The Balaban J connectivity index is 1.39. The molecule has 0 radical (unpaired) electrons. The van der Waals surface area contributed by atoms with Crippen molar-refractivity contribution in [1.29, 1.82) is 0 Å². The molecule has 5 rings (SSSR count). The number of rotatable bonds is 4. The van der Waals surface area contributed by atoms with Gasteiger partial charge in [-0.15, -0.1) is 0 Å². The number of hydrogen-bond acceptors (Lipinski definition) is 4. The molecule has 0 unspecified atom stereocenters. The molecular weight excluding hydrogens is 344 g/mol. The molecule has 4 nitrogen and oxygen atoms in total. The molecule has 3 saturated heterocycles. The highest BCUT2D eigenvalue weighted by atomic mass is 35.5. The monoisotopic (exact) mass is 362 g/mol. The Morgan fingerprint density at radius 2 is 1.92 bits per heavy atom. The van der Waals surface area contributed by atoms with E-state index in [1.807, 2.05) is 30.3 Å². The lowest BCUT2D eigenvalue weighted by Gasteiger charge is -2.44. The van der Waals surface area contributed by atoms with Gasteiger partial charge in [0, 0.05) is 22.5 Å². The second-order valence-electron chi connectivity index (χ2n) is 6.39. The lowest BCUT2D eigenvalue weighted by Crippen LogP contribution is -2.57. The van der Waals surface area contributed by atoms with Crippen LogP contribution in [0.1, 0.15) is 23.4 Å². The molecule has 1 aromatic heterocycles. The molecule has 0 aliphatic carbocycles. The first kappa shape index (κ1) is 16.1. The number of nitrogens with zero attached hydrogens (tertiary/aromatic N) is 1. The Bertz CT molecular complexity index is 723. The molecule has 3 fully saturated rings. The summed E-state index contributed by atoms with van der Waals surface area (Å²) in [5, 5.41) is 4.56. The number of hydrogen-bond donors (Lipinski definition) is 1. The van der Waals surface area contributed by atoms with E-state index in [4.69, 9.17) is 16.0 Å². The van der Waals surface area contributed by atoms with Crippen LogP contribution < -0.4 is 5.32 Å². The summed E-state index contributed by atoms with van der Waals surface area (Å²) in [6.45, 7) is 3.29. The van der Waals surface area contributed by atoms with Crippen molar-refractivity contribution in [2.75, 3.05) is 19.6 Å². The van der Waals surface area contributed by atoms with Gasteiger partial charge in [-0.1, -0.05) is 23.4 Å². The fraction of sp³-hybridized carbons (Fsp3) is 0.389. The first-order valence-electron chi connectivity index (χ1n) is 8.24. The maximum atomic E-state index is 12.4. The highest BCUT2D eigenvalue weighted by molar-refractivity contribution is 7.99. The zero-order valence-electron chi connectivity index (χ0n) is 13.2. The molecule has 1 amide bonds. The standard InChI is InChI=1S/C18H19ClN2O2S/c19-13-1-3-14(4-2-13)24-17-6-5-16(23-17)18(22)20-15-11-21-9-7-12(15)8-10-21/h1-6,12,15H,7-11H2,(H,20,22)/t15-/m0/s1. The third kappa shape index (κ3) is 3.48. The van der Waals surface area contributed by atoms with Crippen LogP contribution in [0.5, 0.6) is 0 Å². The summed E-state index contributed by atoms with van der Waals surface area (Å²) in [4.78, 5) is 15.9. The van der Waals surface area contributed by atoms with E-state index in [-0.39, 0.29) is 11.9 Å². The van der Waals surface area contributed by atoms with Crippen LogP contribution in [-0.2, 0) is 0 Å². The SMILES string of the molecule is O=C(N[C@H]1CN2CCC1CC2)c1ccc(Sc2ccc(Cl)cc2)o1. The predicted octanol–water partition coefficient (Wildman–Crippen LogP) is 3.91. The van der Waals surface area contributed by atoms with E-state index in [1.165, 1.54) is 37.7 Å². The second-order valence-corrected chi connectivity index (χ2v) is 7.91. The van der Waals surface area contributed by atoms with Crippen LogP contribution in [0.4, 0.5) is 0 Å². The third-order valence-electron chi connectivity index (χ3n) is 4.81. The molecule has 2 aromatic rings. The predicted molar refractivity (Wildman–Crippen MR) is 94.7 cm³/mol.